The molecule has 0 spiro atoms. The van der Waals surface area contributed by atoms with Crippen molar-refractivity contribution in [3.8, 4) is 17.2 Å². The van der Waals surface area contributed by atoms with Gasteiger partial charge in [-0.15, -0.1) is 0 Å². The summed E-state index contributed by atoms with van der Waals surface area (Å²) < 4.78 is 16.0. The van der Waals surface area contributed by atoms with E-state index in [2.05, 4.69) is 5.32 Å². The summed E-state index contributed by atoms with van der Waals surface area (Å²) >= 11 is 5.82. The molecule has 0 saturated carbocycles. The van der Waals surface area contributed by atoms with Gasteiger partial charge in [-0.3, -0.25) is 4.79 Å². The molecule has 1 atom stereocenters. The Balaban J connectivity index is 1.98. The van der Waals surface area contributed by atoms with Crippen LogP contribution in [0.5, 0.6) is 17.2 Å². The quantitative estimate of drug-likeness (QED) is 0.770. The molecule has 25 heavy (non-hydrogen) atoms. The van der Waals surface area contributed by atoms with E-state index in [1.54, 1.807) is 38.5 Å². The van der Waals surface area contributed by atoms with Crippen LogP contribution in [0, 0.1) is 0 Å². The van der Waals surface area contributed by atoms with E-state index >= 15 is 0 Å². The maximum atomic E-state index is 12.2. The summed E-state index contributed by atoms with van der Waals surface area (Å²) in [4.78, 5) is 12.2. The van der Waals surface area contributed by atoms with E-state index in [1.807, 2.05) is 25.1 Å². The third kappa shape index (κ3) is 5.29. The van der Waals surface area contributed by atoms with Crippen LogP contribution < -0.4 is 19.5 Å². The monoisotopic (exact) mass is 363 g/mol. The first-order valence-electron chi connectivity index (χ1n) is 7.97. The first kappa shape index (κ1) is 18.9. The predicted molar refractivity (Wildman–Crippen MR) is 97.7 cm³/mol. The first-order chi connectivity index (χ1) is 12.1. The number of halogens is 1. The molecule has 134 valence electrons. The van der Waals surface area contributed by atoms with E-state index in [4.69, 9.17) is 25.8 Å². The van der Waals surface area contributed by atoms with Crippen molar-refractivity contribution in [2.45, 2.75) is 19.4 Å². The molecule has 2 rings (SSSR count). The SMILES string of the molecule is CC[C@H](NC(=O)COc1ccc(Cl)cc1)c1ccc(OC)c(OC)c1. The Kier molecular flexibility index (Phi) is 6.95. The molecule has 0 fully saturated rings. The van der Waals surface area contributed by atoms with Gasteiger partial charge < -0.3 is 19.5 Å². The zero-order valence-electron chi connectivity index (χ0n) is 14.5. The second kappa shape index (κ2) is 9.18. The van der Waals surface area contributed by atoms with Gasteiger partial charge in [-0.05, 0) is 48.4 Å². The van der Waals surface area contributed by atoms with Gasteiger partial charge >= 0.3 is 0 Å². The largest absolute Gasteiger partial charge is 0.493 e. The van der Waals surface area contributed by atoms with Crippen molar-refractivity contribution in [3.63, 3.8) is 0 Å². The second-order valence-electron chi connectivity index (χ2n) is 5.39. The summed E-state index contributed by atoms with van der Waals surface area (Å²) in [6.07, 6.45) is 0.738. The number of hydrogen-bond donors (Lipinski definition) is 1. The summed E-state index contributed by atoms with van der Waals surface area (Å²) in [6, 6.07) is 12.3. The lowest BCUT2D eigenvalue weighted by Crippen LogP contribution is -2.32. The number of rotatable bonds is 8. The fourth-order valence-electron chi connectivity index (χ4n) is 2.41. The number of benzene rings is 2. The van der Waals surface area contributed by atoms with Crippen molar-refractivity contribution in [2.24, 2.45) is 0 Å². The van der Waals surface area contributed by atoms with Crippen LogP contribution in [0.1, 0.15) is 24.9 Å². The van der Waals surface area contributed by atoms with E-state index in [9.17, 15) is 4.79 Å². The number of hydrogen-bond acceptors (Lipinski definition) is 4. The van der Waals surface area contributed by atoms with E-state index in [1.165, 1.54) is 0 Å². The van der Waals surface area contributed by atoms with Crippen molar-refractivity contribution < 1.29 is 19.0 Å². The Morgan fingerprint density at radius 3 is 2.36 bits per heavy atom. The van der Waals surface area contributed by atoms with E-state index in [0.29, 0.717) is 22.3 Å². The molecule has 2 aromatic carbocycles. The van der Waals surface area contributed by atoms with Crippen LogP contribution in [0.25, 0.3) is 0 Å². The zero-order valence-corrected chi connectivity index (χ0v) is 15.3. The smallest absolute Gasteiger partial charge is 0.258 e. The van der Waals surface area contributed by atoms with E-state index < -0.39 is 0 Å². The van der Waals surface area contributed by atoms with Crippen LogP contribution in [0.4, 0.5) is 0 Å². The molecule has 0 unspecified atom stereocenters. The number of methoxy groups -OCH3 is 2. The molecule has 0 radical (unpaired) electrons. The summed E-state index contributed by atoms with van der Waals surface area (Å²) in [5.41, 5.74) is 0.944. The fraction of sp³-hybridized carbons (Fsp3) is 0.316. The third-order valence-corrected chi connectivity index (χ3v) is 3.99. The maximum absolute atomic E-state index is 12.2. The van der Waals surface area contributed by atoms with Crippen molar-refractivity contribution in [3.05, 3.63) is 53.1 Å². The van der Waals surface area contributed by atoms with Crippen molar-refractivity contribution in [1.29, 1.82) is 0 Å². The molecule has 0 aliphatic carbocycles. The van der Waals surface area contributed by atoms with Crippen molar-refractivity contribution in [1.82, 2.24) is 5.32 Å². The summed E-state index contributed by atoms with van der Waals surface area (Å²) in [5, 5.41) is 3.59. The fourth-order valence-corrected chi connectivity index (χ4v) is 2.53. The number of carbonyl (C=O) groups excluding carboxylic acids is 1. The Morgan fingerprint density at radius 1 is 1.08 bits per heavy atom. The van der Waals surface area contributed by atoms with Gasteiger partial charge in [0, 0.05) is 5.02 Å². The van der Waals surface area contributed by atoms with Gasteiger partial charge in [-0.2, -0.15) is 0 Å². The van der Waals surface area contributed by atoms with E-state index in [0.717, 1.165) is 12.0 Å². The molecule has 6 heteroatoms. The van der Waals surface area contributed by atoms with Crippen LogP contribution in [0.15, 0.2) is 42.5 Å². The zero-order chi connectivity index (χ0) is 18.2. The Hall–Kier alpha value is -2.40. The molecule has 1 N–H and O–H groups in total. The minimum atomic E-state index is -0.198. The molecule has 0 aromatic heterocycles. The number of amides is 1. The average Bonchev–Trinajstić information content (AvgIpc) is 2.65. The standard InChI is InChI=1S/C19H22ClNO4/c1-4-16(13-5-10-17(23-2)18(11-13)24-3)21-19(22)12-25-15-8-6-14(20)7-9-15/h5-11,16H,4,12H2,1-3H3,(H,21,22)/t16-/m0/s1. The summed E-state index contributed by atoms with van der Waals surface area (Å²) in [6.45, 7) is 1.94. The minimum Gasteiger partial charge on any atom is -0.493 e. The predicted octanol–water partition coefficient (Wildman–Crippen LogP) is 4.00. The highest BCUT2D eigenvalue weighted by Crippen LogP contribution is 2.30. The van der Waals surface area contributed by atoms with Crippen LogP contribution in [-0.2, 0) is 4.79 Å². The average molecular weight is 364 g/mol. The third-order valence-electron chi connectivity index (χ3n) is 3.74. The van der Waals surface area contributed by atoms with Gasteiger partial charge in [-0.1, -0.05) is 24.6 Å². The van der Waals surface area contributed by atoms with E-state index in [-0.39, 0.29) is 18.6 Å². The molecular weight excluding hydrogens is 342 g/mol. The number of nitrogens with one attached hydrogen (secondary N) is 1. The lowest BCUT2D eigenvalue weighted by molar-refractivity contribution is -0.123. The second-order valence-corrected chi connectivity index (χ2v) is 5.82. The van der Waals surface area contributed by atoms with Gasteiger partial charge in [0.25, 0.3) is 5.91 Å². The molecule has 0 saturated heterocycles. The van der Waals surface area contributed by atoms with Crippen molar-refractivity contribution >= 4 is 17.5 Å². The first-order valence-corrected chi connectivity index (χ1v) is 8.34. The van der Waals surface area contributed by atoms with Gasteiger partial charge in [0.1, 0.15) is 5.75 Å². The Bertz CT molecular complexity index is 703. The van der Waals surface area contributed by atoms with Crippen LogP contribution in [-0.4, -0.2) is 26.7 Å². The van der Waals surface area contributed by atoms with Gasteiger partial charge in [0.15, 0.2) is 18.1 Å². The molecule has 1 amide bonds. The number of ether oxygens (including phenoxy) is 3. The van der Waals surface area contributed by atoms with Crippen molar-refractivity contribution in [2.75, 3.05) is 20.8 Å². The Morgan fingerprint density at radius 2 is 1.76 bits per heavy atom. The minimum absolute atomic E-state index is 0.0641. The highest BCUT2D eigenvalue weighted by molar-refractivity contribution is 6.30. The molecule has 0 aliphatic heterocycles. The van der Waals surface area contributed by atoms with Gasteiger partial charge in [0.05, 0.1) is 20.3 Å². The summed E-state index contributed by atoms with van der Waals surface area (Å²) in [5.74, 6) is 1.68. The molecule has 0 aliphatic rings. The van der Waals surface area contributed by atoms with Crippen LogP contribution >= 0.6 is 11.6 Å². The molecule has 0 bridgehead atoms. The maximum Gasteiger partial charge on any atom is 0.258 e. The molecular formula is C19H22ClNO4. The van der Waals surface area contributed by atoms with Gasteiger partial charge in [-0.25, -0.2) is 0 Å². The normalized spacial score (nSPS) is 11.5. The Labute approximate surface area is 152 Å². The highest BCUT2D eigenvalue weighted by Gasteiger charge is 2.15. The van der Waals surface area contributed by atoms with Crippen LogP contribution in [0.2, 0.25) is 5.02 Å². The highest BCUT2D eigenvalue weighted by atomic mass is 35.5. The molecule has 5 nitrogen and oxygen atoms in total. The van der Waals surface area contributed by atoms with Crippen LogP contribution in [0.3, 0.4) is 0 Å². The lowest BCUT2D eigenvalue weighted by atomic mass is 10.0. The number of carbonyl (C=O) groups is 1. The van der Waals surface area contributed by atoms with Gasteiger partial charge in [0.2, 0.25) is 0 Å². The molecule has 0 heterocycles. The lowest BCUT2D eigenvalue weighted by Gasteiger charge is -2.19. The topological polar surface area (TPSA) is 56.8 Å². The summed E-state index contributed by atoms with van der Waals surface area (Å²) in [7, 11) is 3.17. The molecule has 2 aromatic rings.